The molecule has 0 fully saturated rings. The summed E-state index contributed by atoms with van der Waals surface area (Å²) >= 11 is 0. The lowest BCUT2D eigenvalue weighted by molar-refractivity contribution is 0.0992. The van der Waals surface area contributed by atoms with E-state index in [1.165, 1.54) is 6.92 Å². The number of hydrogen-bond acceptors (Lipinski definition) is 6. The van der Waals surface area contributed by atoms with Gasteiger partial charge in [-0.1, -0.05) is 17.7 Å². The molecule has 0 bridgehead atoms. The van der Waals surface area contributed by atoms with Gasteiger partial charge in [-0.25, -0.2) is 4.98 Å². The standard InChI is InChI=1S/C20H17N5O3/c1-10-4-7-15(14(8-10)11(2)26)28-20-22-9-12-5-6-13-17(19(21)27)24-25(3)18(13)16(12)23-20/h4-9H,1-3H3,(H2,21,27). The number of fused-ring (bicyclic) bond motifs is 3. The van der Waals surface area contributed by atoms with Crippen LogP contribution in [0.1, 0.15) is 33.3 Å². The molecule has 0 saturated heterocycles. The van der Waals surface area contributed by atoms with E-state index >= 15 is 0 Å². The molecule has 4 rings (SSSR count). The van der Waals surface area contributed by atoms with Crippen molar-refractivity contribution in [2.45, 2.75) is 13.8 Å². The minimum Gasteiger partial charge on any atom is -0.424 e. The first-order valence-corrected chi connectivity index (χ1v) is 8.57. The number of hydrogen-bond donors (Lipinski definition) is 1. The number of primary amides is 1. The highest BCUT2D eigenvalue weighted by atomic mass is 16.5. The molecule has 0 aliphatic rings. The van der Waals surface area contributed by atoms with E-state index in [0.29, 0.717) is 27.7 Å². The number of ether oxygens (including phenoxy) is 1. The van der Waals surface area contributed by atoms with Crippen molar-refractivity contribution in [1.29, 1.82) is 0 Å². The molecule has 2 N–H and O–H groups in total. The summed E-state index contributed by atoms with van der Waals surface area (Å²) in [7, 11) is 1.71. The monoisotopic (exact) mass is 375 g/mol. The van der Waals surface area contributed by atoms with Gasteiger partial charge in [0.15, 0.2) is 11.5 Å². The molecule has 0 radical (unpaired) electrons. The largest absolute Gasteiger partial charge is 0.424 e. The van der Waals surface area contributed by atoms with Gasteiger partial charge >= 0.3 is 6.01 Å². The van der Waals surface area contributed by atoms with Crippen LogP contribution in [-0.4, -0.2) is 31.4 Å². The van der Waals surface area contributed by atoms with Crippen molar-refractivity contribution in [3.05, 3.63) is 53.3 Å². The molecule has 8 nitrogen and oxygen atoms in total. The van der Waals surface area contributed by atoms with E-state index in [0.717, 1.165) is 10.9 Å². The molecule has 0 spiro atoms. The molecule has 28 heavy (non-hydrogen) atoms. The Morgan fingerprint density at radius 3 is 2.68 bits per heavy atom. The van der Waals surface area contributed by atoms with Crippen molar-refractivity contribution in [3.8, 4) is 11.8 Å². The number of Topliss-reactive ketones (excluding diaryl/α,β-unsaturated/α-hetero) is 1. The number of benzene rings is 2. The summed E-state index contributed by atoms with van der Waals surface area (Å²) in [6.07, 6.45) is 1.62. The molecule has 2 heterocycles. The van der Waals surface area contributed by atoms with Gasteiger partial charge in [0.25, 0.3) is 5.91 Å². The second-order valence-electron chi connectivity index (χ2n) is 6.55. The fourth-order valence-corrected chi connectivity index (χ4v) is 3.18. The average Bonchev–Trinajstić information content (AvgIpc) is 3.00. The Bertz CT molecular complexity index is 1280. The van der Waals surface area contributed by atoms with E-state index < -0.39 is 5.91 Å². The predicted molar refractivity (Wildman–Crippen MR) is 104 cm³/mol. The van der Waals surface area contributed by atoms with Crippen LogP contribution in [0.15, 0.2) is 36.5 Å². The van der Waals surface area contributed by atoms with E-state index in [2.05, 4.69) is 15.1 Å². The number of amides is 1. The van der Waals surface area contributed by atoms with Crippen LogP contribution in [0.2, 0.25) is 0 Å². The molecule has 1 amide bonds. The van der Waals surface area contributed by atoms with Gasteiger partial charge in [-0.2, -0.15) is 10.1 Å². The highest BCUT2D eigenvalue weighted by Crippen LogP contribution is 2.29. The van der Waals surface area contributed by atoms with Gasteiger partial charge in [0.1, 0.15) is 11.3 Å². The average molecular weight is 375 g/mol. The van der Waals surface area contributed by atoms with E-state index in [1.807, 2.05) is 13.0 Å². The number of carbonyl (C=O) groups excluding carboxylic acids is 2. The summed E-state index contributed by atoms with van der Waals surface area (Å²) < 4.78 is 7.37. The summed E-state index contributed by atoms with van der Waals surface area (Å²) in [6, 6.07) is 8.98. The fourth-order valence-electron chi connectivity index (χ4n) is 3.18. The molecule has 0 aliphatic heterocycles. The number of nitrogens with two attached hydrogens (primary N) is 1. The van der Waals surface area contributed by atoms with E-state index in [9.17, 15) is 9.59 Å². The van der Waals surface area contributed by atoms with Crippen molar-refractivity contribution in [3.63, 3.8) is 0 Å². The molecule has 4 aromatic rings. The topological polar surface area (TPSA) is 113 Å². The van der Waals surface area contributed by atoms with E-state index in [4.69, 9.17) is 10.5 Å². The minimum atomic E-state index is -0.610. The molecule has 8 heteroatoms. The lowest BCUT2D eigenvalue weighted by Gasteiger charge is -2.09. The first-order chi connectivity index (χ1) is 13.3. The maximum Gasteiger partial charge on any atom is 0.322 e. The molecule has 140 valence electrons. The van der Waals surface area contributed by atoms with Gasteiger partial charge in [0, 0.05) is 24.0 Å². The molecular weight excluding hydrogens is 358 g/mol. The first-order valence-electron chi connectivity index (χ1n) is 8.57. The lowest BCUT2D eigenvalue weighted by Crippen LogP contribution is -2.12. The summed E-state index contributed by atoms with van der Waals surface area (Å²) in [4.78, 5) is 32.3. The van der Waals surface area contributed by atoms with Crippen molar-refractivity contribution >= 4 is 33.5 Å². The highest BCUT2D eigenvalue weighted by Gasteiger charge is 2.18. The Morgan fingerprint density at radius 1 is 1.18 bits per heavy atom. The van der Waals surface area contributed by atoms with Crippen LogP contribution in [0.4, 0.5) is 0 Å². The van der Waals surface area contributed by atoms with Gasteiger partial charge in [-0.3, -0.25) is 14.3 Å². The SMILES string of the molecule is CC(=O)c1cc(C)ccc1Oc1ncc2ccc3c(C(N)=O)nn(C)c3c2n1. The van der Waals surface area contributed by atoms with Gasteiger partial charge in [-0.15, -0.1) is 0 Å². The zero-order chi connectivity index (χ0) is 20.0. The maximum absolute atomic E-state index is 11.9. The van der Waals surface area contributed by atoms with E-state index in [1.54, 1.807) is 42.2 Å². The van der Waals surface area contributed by atoms with E-state index in [-0.39, 0.29) is 17.5 Å². The Morgan fingerprint density at radius 2 is 1.96 bits per heavy atom. The van der Waals surface area contributed by atoms with Crippen LogP contribution in [0.3, 0.4) is 0 Å². The van der Waals surface area contributed by atoms with Crippen molar-refractivity contribution in [2.24, 2.45) is 12.8 Å². The molecule has 0 saturated carbocycles. The van der Waals surface area contributed by atoms with Crippen molar-refractivity contribution in [1.82, 2.24) is 19.7 Å². The zero-order valence-corrected chi connectivity index (χ0v) is 15.6. The molecule has 2 aromatic heterocycles. The Kier molecular flexibility index (Phi) is 4.03. The summed E-state index contributed by atoms with van der Waals surface area (Å²) in [5.74, 6) is -0.340. The predicted octanol–water partition coefficient (Wildman–Crippen LogP) is 2.92. The third-order valence-electron chi connectivity index (χ3n) is 4.48. The summed E-state index contributed by atoms with van der Waals surface area (Å²) in [5.41, 5.74) is 8.23. The maximum atomic E-state index is 11.9. The van der Waals surface area contributed by atoms with Gasteiger partial charge in [0.05, 0.1) is 11.1 Å². The number of aryl methyl sites for hydroxylation is 2. The van der Waals surface area contributed by atoms with Crippen LogP contribution in [-0.2, 0) is 7.05 Å². The smallest absolute Gasteiger partial charge is 0.322 e. The zero-order valence-electron chi connectivity index (χ0n) is 15.6. The van der Waals surface area contributed by atoms with Gasteiger partial charge in [-0.05, 0) is 32.0 Å². The van der Waals surface area contributed by atoms with Crippen LogP contribution < -0.4 is 10.5 Å². The molecule has 0 aliphatic carbocycles. The number of carbonyl (C=O) groups is 2. The Balaban J connectivity index is 1.87. The fraction of sp³-hybridized carbons (Fsp3) is 0.150. The third kappa shape index (κ3) is 2.84. The first kappa shape index (κ1) is 17.6. The van der Waals surface area contributed by atoms with Crippen LogP contribution in [0, 0.1) is 6.92 Å². The van der Waals surface area contributed by atoms with Gasteiger partial charge in [0.2, 0.25) is 0 Å². The Labute approximate surface area is 159 Å². The number of nitrogens with zero attached hydrogens (tertiary/aromatic N) is 4. The quantitative estimate of drug-likeness (QED) is 0.549. The third-order valence-corrected chi connectivity index (χ3v) is 4.48. The summed E-state index contributed by atoms with van der Waals surface area (Å²) in [6.45, 7) is 3.38. The molecule has 0 atom stereocenters. The highest BCUT2D eigenvalue weighted by molar-refractivity contribution is 6.11. The van der Waals surface area contributed by atoms with Gasteiger partial charge < -0.3 is 10.5 Å². The number of rotatable bonds is 4. The van der Waals surface area contributed by atoms with Crippen LogP contribution in [0.5, 0.6) is 11.8 Å². The second kappa shape index (κ2) is 6.41. The van der Waals surface area contributed by atoms with Crippen LogP contribution >= 0.6 is 0 Å². The van der Waals surface area contributed by atoms with Crippen molar-refractivity contribution in [2.75, 3.05) is 0 Å². The molecule has 0 unspecified atom stereocenters. The van der Waals surface area contributed by atoms with Crippen molar-refractivity contribution < 1.29 is 14.3 Å². The second-order valence-corrected chi connectivity index (χ2v) is 6.55. The molecule has 2 aromatic carbocycles. The Hall–Kier alpha value is -3.81. The number of aromatic nitrogens is 4. The summed E-state index contributed by atoms with van der Waals surface area (Å²) in [5, 5.41) is 5.56. The normalized spacial score (nSPS) is 11.1. The minimum absolute atomic E-state index is 0.0909. The van der Waals surface area contributed by atoms with Crippen LogP contribution in [0.25, 0.3) is 21.8 Å². The number of ketones is 1. The molecular formula is C20H17N5O3. The lowest BCUT2D eigenvalue weighted by atomic mass is 10.1.